The molecule has 0 N–H and O–H groups in total. The van der Waals surface area contributed by atoms with Crippen LogP contribution in [0.25, 0.3) is 11.5 Å². The fourth-order valence-corrected chi connectivity index (χ4v) is 3.73. The fraction of sp³-hybridized carbons (Fsp3) is 0.207. The Bertz CT molecular complexity index is 1270. The second-order valence-corrected chi connectivity index (χ2v) is 8.14. The summed E-state index contributed by atoms with van der Waals surface area (Å²) in [5.41, 5.74) is 3.15. The predicted molar refractivity (Wildman–Crippen MR) is 134 cm³/mol. The zero-order chi connectivity index (χ0) is 24.6. The number of aromatic nitrogens is 1. The number of hydrogen-bond acceptors (Lipinski definition) is 5. The van der Waals surface area contributed by atoms with E-state index in [1.54, 1.807) is 29.2 Å². The van der Waals surface area contributed by atoms with E-state index in [0.717, 1.165) is 28.3 Å². The Labute approximate surface area is 205 Å². The van der Waals surface area contributed by atoms with Gasteiger partial charge in [0.15, 0.2) is 0 Å². The van der Waals surface area contributed by atoms with Crippen molar-refractivity contribution >= 4 is 11.7 Å². The Morgan fingerprint density at radius 1 is 0.914 bits per heavy atom. The van der Waals surface area contributed by atoms with Crippen LogP contribution < -0.4 is 4.74 Å². The lowest BCUT2D eigenvalue weighted by atomic mass is 10.1. The van der Waals surface area contributed by atoms with Crippen LogP contribution in [-0.4, -0.2) is 34.7 Å². The van der Waals surface area contributed by atoms with E-state index >= 15 is 0 Å². The third-order valence-corrected chi connectivity index (χ3v) is 5.72. The largest absolute Gasteiger partial charge is 0.493 e. The van der Waals surface area contributed by atoms with Crippen LogP contribution in [0, 0.1) is 6.92 Å². The molecule has 0 unspecified atom stereocenters. The highest BCUT2D eigenvalue weighted by atomic mass is 16.5. The normalized spacial score (nSPS) is 10.7. The number of rotatable bonds is 10. The molecule has 0 aliphatic rings. The van der Waals surface area contributed by atoms with E-state index < -0.39 is 11.7 Å². The van der Waals surface area contributed by atoms with Crippen molar-refractivity contribution in [3.63, 3.8) is 0 Å². The van der Waals surface area contributed by atoms with Gasteiger partial charge in [0.1, 0.15) is 11.5 Å². The minimum absolute atomic E-state index is 0.356. The highest BCUT2D eigenvalue weighted by Gasteiger charge is 2.22. The molecular weight excluding hydrogens is 440 g/mol. The second kappa shape index (κ2) is 11.3. The number of amides is 1. The van der Waals surface area contributed by atoms with Crippen LogP contribution in [0.15, 0.2) is 89.3 Å². The van der Waals surface area contributed by atoms with E-state index in [1.807, 2.05) is 74.5 Å². The number of ether oxygens (including phenoxy) is 1. The predicted octanol–water partition coefficient (Wildman–Crippen LogP) is 5.50. The molecular formula is C29H28N2O4. The van der Waals surface area contributed by atoms with Gasteiger partial charge in [0.2, 0.25) is 11.7 Å². The van der Waals surface area contributed by atoms with E-state index in [2.05, 4.69) is 4.98 Å². The Kier molecular flexibility index (Phi) is 7.73. The Morgan fingerprint density at radius 3 is 2.23 bits per heavy atom. The summed E-state index contributed by atoms with van der Waals surface area (Å²) in [5, 5.41) is 0. The van der Waals surface area contributed by atoms with Crippen LogP contribution in [-0.2, 0) is 17.8 Å². The first kappa shape index (κ1) is 24.0. The fourth-order valence-electron chi connectivity index (χ4n) is 3.73. The van der Waals surface area contributed by atoms with Crippen LogP contribution >= 0.6 is 0 Å². The van der Waals surface area contributed by atoms with Gasteiger partial charge in [0.05, 0.1) is 12.3 Å². The minimum Gasteiger partial charge on any atom is -0.493 e. The molecule has 6 heteroatoms. The summed E-state index contributed by atoms with van der Waals surface area (Å²) in [6, 6.07) is 26.0. The van der Waals surface area contributed by atoms with Gasteiger partial charge in [-0.1, -0.05) is 60.7 Å². The summed E-state index contributed by atoms with van der Waals surface area (Å²) in [7, 11) is 0. The number of hydrogen-bond donors (Lipinski definition) is 0. The first-order chi connectivity index (χ1) is 17.0. The molecule has 0 fully saturated rings. The molecule has 6 nitrogen and oxygen atoms in total. The number of carbonyl (C=O) groups excluding carboxylic acids is 2. The zero-order valence-electron chi connectivity index (χ0n) is 19.9. The van der Waals surface area contributed by atoms with Gasteiger partial charge in [-0.3, -0.25) is 9.59 Å². The third kappa shape index (κ3) is 6.03. The molecule has 0 radical (unpaired) electrons. The molecule has 3 aromatic carbocycles. The summed E-state index contributed by atoms with van der Waals surface area (Å²) in [6.45, 7) is 5.04. The molecule has 0 saturated carbocycles. The SMILES string of the molecule is CCN(Cc1ccc(OCCc2nc(-c3ccccc3)oc2C)cc1)C(=O)C(=O)c1ccccc1. The molecule has 35 heavy (non-hydrogen) atoms. The number of ketones is 1. The maximum absolute atomic E-state index is 12.7. The second-order valence-electron chi connectivity index (χ2n) is 8.14. The van der Waals surface area contributed by atoms with E-state index in [-0.39, 0.29) is 0 Å². The van der Waals surface area contributed by atoms with Crippen LogP contribution in [0.5, 0.6) is 5.75 Å². The lowest BCUT2D eigenvalue weighted by molar-refractivity contribution is -0.126. The summed E-state index contributed by atoms with van der Waals surface area (Å²) in [6.07, 6.45) is 0.629. The van der Waals surface area contributed by atoms with E-state index in [1.165, 1.54) is 0 Å². The molecule has 4 aromatic rings. The number of nitrogens with zero attached hydrogens (tertiary/aromatic N) is 2. The smallest absolute Gasteiger partial charge is 0.295 e. The van der Waals surface area contributed by atoms with Gasteiger partial charge in [0, 0.05) is 30.6 Å². The van der Waals surface area contributed by atoms with Crippen molar-refractivity contribution in [2.45, 2.75) is 26.8 Å². The van der Waals surface area contributed by atoms with Gasteiger partial charge in [-0.2, -0.15) is 0 Å². The van der Waals surface area contributed by atoms with Gasteiger partial charge >= 0.3 is 0 Å². The molecule has 0 bridgehead atoms. The summed E-state index contributed by atoms with van der Waals surface area (Å²) >= 11 is 0. The van der Waals surface area contributed by atoms with Crippen LogP contribution in [0.4, 0.5) is 0 Å². The van der Waals surface area contributed by atoms with Crippen LogP contribution in [0.3, 0.4) is 0 Å². The Balaban J connectivity index is 1.31. The molecule has 1 amide bonds. The van der Waals surface area contributed by atoms with Crippen molar-refractivity contribution in [2.24, 2.45) is 0 Å². The van der Waals surface area contributed by atoms with Gasteiger partial charge < -0.3 is 14.1 Å². The molecule has 4 rings (SSSR count). The molecule has 0 atom stereocenters. The lowest BCUT2D eigenvalue weighted by Crippen LogP contribution is -2.36. The molecule has 178 valence electrons. The average molecular weight is 469 g/mol. The Hall–Kier alpha value is -4.19. The topological polar surface area (TPSA) is 72.6 Å². The average Bonchev–Trinajstić information content (AvgIpc) is 3.28. The van der Waals surface area contributed by atoms with Crippen LogP contribution in [0.1, 0.15) is 34.3 Å². The van der Waals surface area contributed by atoms with Crippen LogP contribution in [0.2, 0.25) is 0 Å². The maximum Gasteiger partial charge on any atom is 0.295 e. The Morgan fingerprint density at radius 2 is 1.57 bits per heavy atom. The maximum atomic E-state index is 12.7. The number of likely N-dealkylation sites (N-methyl/N-ethyl adjacent to an activating group) is 1. The number of carbonyl (C=O) groups is 2. The van der Waals surface area contributed by atoms with Crippen molar-refractivity contribution in [2.75, 3.05) is 13.2 Å². The first-order valence-electron chi connectivity index (χ1n) is 11.7. The monoisotopic (exact) mass is 468 g/mol. The minimum atomic E-state index is -0.503. The third-order valence-electron chi connectivity index (χ3n) is 5.72. The number of aryl methyl sites for hydroxylation is 1. The summed E-state index contributed by atoms with van der Waals surface area (Å²) in [5.74, 6) is 1.14. The van der Waals surface area contributed by atoms with Crippen molar-refractivity contribution in [3.8, 4) is 17.2 Å². The standard InChI is InChI=1S/C29H28N2O4/c1-3-31(29(33)27(32)23-10-6-4-7-11-23)20-22-14-16-25(17-15-22)34-19-18-26-21(2)35-28(30-26)24-12-8-5-9-13-24/h4-17H,3,18-20H2,1-2H3. The van der Waals surface area contributed by atoms with Crippen molar-refractivity contribution in [1.29, 1.82) is 0 Å². The molecule has 1 aromatic heterocycles. The van der Waals surface area contributed by atoms with Crippen molar-refractivity contribution in [1.82, 2.24) is 9.88 Å². The number of Topliss-reactive ketones (excluding diaryl/α,β-unsaturated/α-hetero) is 1. The van der Waals surface area contributed by atoms with E-state index in [4.69, 9.17) is 9.15 Å². The summed E-state index contributed by atoms with van der Waals surface area (Å²) in [4.78, 5) is 31.3. The molecule has 0 saturated heterocycles. The van der Waals surface area contributed by atoms with Crippen molar-refractivity contribution < 1.29 is 18.7 Å². The van der Waals surface area contributed by atoms with Gasteiger partial charge in [0.25, 0.3) is 5.91 Å². The van der Waals surface area contributed by atoms with Crippen molar-refractivity contribution in [3.05, 3.63) is 108 Å². The highest BCUT2D eigenvalue weighted by Crippen LogP contribution is 2.22. The number of oxazole rings is 1. The molecule has 1 heterocycles. The summed E-state index contributed by atoms with van der Waals surface area (Å²) < 4.78 is 11.7. The molecule has 0 spiro atoms. The quantitative estimate of drug-likeness (QED) is 0.227. The number of benzene rings is 3. The molecule has 0 aliphatic heterocycles. The zero-order valence-corrected chi connectivity index (χ0v) is 19.9. The molecule has 0 aliphatic carbocycles. The van der Waals surface area contributed by atoms with E-state index in [0.29, 0.717) is 37.6 Å². The van der Waals surface area contributed by atoms with E-state index in [9.17, 15) is 9.59 Å². The van der Waals surface area contributed by atoms with Gasteiger partial charge in [-0.25, -0.2) is 4.98 Å². The van der Waals surface area contributed by atoms with Gasteiger partial charge in [-0.15, -0.1) is 0 Å². The lowest BCUT2D eigenvalue weighted by Gasteiger charge is -2.20. The van der Waals surface area contributed by atoms with Gasteiger partial charge in [-0.05, 0) is 43.7 Å². The first-order valence-corrected chi connectivity index (χ1v) is 11.7. The highest BCUT2D eigenvalue weighted by molar-refractivity contribution is 6.42.